The number of nitrogens with zero attached hydrogens (tertiary/aromatic N) is 2. The van der Waals surface area contributed by atoms with Gasteiger partial charge in [0, 0.05) is 56.8 Å². The van der Waals surface area contributed by atoms with Gasteiger partial charge in [0.1, 0.15) is 0 Å². The van der Waals surface area contributed by atoms with Gasteiger partial charge in [-0.15, -0.1) is 0 Å². The molecule has 5 heteroatoms. The lowest BCUT2D eigenvalue weighted by atomic mass is 9.97. The highest BCUT2D eigenvalue weighted by molar-refractivity contribution is 5.80. The molecule has 3 heterocycles. The maximum absolute atomic E-state index is 12.4. The number of rotatable bonds is 5. The first kappa shape index (κ1) is 17.7. The Balaban J connectivity index is 1.02. The Bertz CT molecular complexity index is 647. The molecule has 3 saturated heterocycles. The van der Waals surface area contributed by atoms with E-state index in [0.29, 0.717) is 30.6 Å². The van der Waals surface area contributed by atoms with E-state index in [4.69, 9.17) is 4.74 Å². The van der Waals surface area contributed by atoms with Crippen molar-refractivity contribution in [3.8, 4) is 0 Å². The summed E-state index contributed by atoms with van der Waals surface area (Å²) < 4.78 is 5.36. The van der Waals surface area contributed by atoms with Crippen molar-refractivity contribution < 1.29 is 9.53 Å². The van der Waals surface area contributed by atoms with E-state index >= 15 is 0 Å². The highest BCUT2D eigenvalue weighted by atomic mass is 16.5. The van der Waals surface area contributed by atoms with Gasteiger partial charge in [0.2, 0.25) is 5.91 Å². The second-order valence-electron chi connectivity index (χ2n) is 8.79. The molecule has 0 unspecified atom stereocenters. The summed E-state index contributed by atoms with van der Waals surface area (Å²) in [6.07, 6.45) is 4.66. The van der Waals surface area contributed by atoms with Crippen LogP contribution in [0.4, 0.5) is 0 Å². The normalized spacial score (nSPS) is 32.4. The summed E-state index contributed by atoms with van der Waals surface area (Å²) >= 11 is 0. The van der Waals surface area contributed by atoms with E-state index in [2.05, 4.69) is 40.5 Å². The molecule has 0 bridgehead atoms. The summed E-state index contributed by atoms with van der Waals surface area (Å²) in [4.78, 5) is 17.1. The Morgan fingerprint density at radius 3 is 2.56 bits per heavy atom. The Kier molecular flexibility index (Phi) is 4.92. The maximum atomic E-state index is 12.4. The highest BCUT2D eigenvalue weighted by Crippen LogP contribution is 2.41. The summed E-state index contributed by atoms with van der Waals surface area (Å²) in [6, 6.07) is 12.8. The van der Waals surface area contributed by atoms with Crippen LogP contribution in [-0.4, -0.2) is 73.2 Å². The summed E-state index contributed by atoms with van der Waals surface area (Å²) in [5.74, 6) is 1.16. The van der Waals surface area contributed by atoms with Gasteiger partial charge in [-0.3, -0.25) is 9.69 Å². The van der Waals surface area contributed by atoms with Gasteiger partial charge in [0.25, 0.3) is 0 Å². The van der Waals surface area contributed by atoms with Gasteiger partial charge >= 0.3 is 0 Å². The average molecular weight is 370 g/mol. The zero-order valence-corrected chi connectivity index (χ0v) is 16.1. The molecule has 4 fully saturated rings. The number of hydrogen-bond acceptors (Lipinski definition) is 4. The fourth-order valence-corrected chi connectivity index (χ4v) is 5.04. The molecule has 1 saturated carbocycles. The Morgan fingerprint density at radius 1 is 1.07 bits per heavy atom. The van der Waals surface area contributed by atoms with Crippen LogP contribution in [0.2, 0.25) is 0 Å². The molecule has 1 aliphatic carbocycles. The van der Waals surface area contributed by atoms with Gasteiger partial charge in [-0.05, 0) is 31.2 Å². The van der Waals surface area contributed by atoms with Crippen LogP contribution in [0.3, 0.4) is 0 Å². The van der Waals surface area contributed by atoms with Crippen molar-refractivity contribution in [1.29, 1.82) is 0 Å². The molecule has 4 aliphatic rings. The third kappa shape index (κ3) is 3.78. The van der Waals surface area contributed by atoms with E-state index in [9.17, 15) is 4.79 Å². The van der Waals surface area contributed by atoms with Crippen molar-refractivity contribution >= 4 is 5.91 Å². The number of benzene rings is 1. The molecule has 27 heavy (non-hydrogen) atoms. The summed E-state index contributed by atoms with van der Waals surface area (Å²) in [5, 5.41) is 3.90. The Hall–Kier alpha value is -1.43. The molecule has 0 aromatic heterocycles. The number of nitrogens with one attached hydrogen (secondary N) is 1. The molecule has 1 aromatic rings. The van der Waals surface area contributed by atoms with Gasteiger partial charge in [0.05, 0.1) is 12.5 Å². The zero-order chi connectivity index (χ0) is 18.2. The van der Waals surface area contributed by atoms with Crippen LogP contribution in [0.25, 0.3) is 0 Å². The minimum absolute atomic E-state index is 0.122. The molecule has 0 spiro atoms. The summed E-state index contributed by atoms with van der Waals surface area (Å²) in [6.45, 7) is 5.56. The predicted octanol–water partition coefficient (Wildman–Crippen LogP) is 1.84. The van der Waals surface area contributed by atoms with E-state index in [1.54, 1.807) is 0 Å². The van der Waals surface area contributed by atoms with E-state index in [-0.39, 0.29) is 5.92 Å². The van der Waals surface area contributed by atoms with Gasteiger partial charge in [-0.1, -0.05) is 30.3 Å². The van der Waals surface area contributed by atoms with E-state index < -0.39 is 0 Å². The lowest BCUT2D eigenvalue weighted by Crippen LogP contribution is -2.63. The monoisotopic (exact) mass is 369 g/mol. The molecule has 146 valence electrons. The molecule has 5 nitrogen and oxygen atoms in total. The molecular formula is C22H31N3O2. The number of likely N-dealkylation sites (tertiary alicyclic amines) is 2. The first-order valence-electron chi connectivity index (χ1n) is 10.7. The first-order chi connectivity index (χ1) is 13.3. The Morgan fingerprint density at radius 2 is 1.85 bits per heavy atom. The molecule has 3 aliphatic heterocycles. The SMILES string of the molecule is O=C([C@H]1CCOC1)N1CC(N2CCC(N[C@@H]3C[C@H]3c3ccccc3)CC2)C1. The summed E-state index contributed by atoms with van der Waals surface area (Å²) in [5.41, 5.74) is 1.49. The second kappa shape index (κ2) is 7.53. The number of carbonyl (C=O) groups is 1. The lowest BCUT2D eigenvalue weighted by molar-refractivity contribution is -0.143. The fraction of sp³-hybridized carbons (Fsp3) is 0.682. The average Bonchev–Trinajstić information content (AvgIpc) is 3.21. The summed E-state index contributed by atoms with van der Waals surface area (Å²) in [7, 11) is 0. The molecule has 0 radical (unpaired) electrons. The minimum atomic E-state index is 0.122. The highest BCUT2D eigenvalue weighted by Gasteiger charge is 2.42. The van der Waals surface area contributed by atoms with Crippen LogP contribution in [0.15, 0.2) is 30.3 Å². The van der Waals surface area contributed by atoms with Gasteiger partial charge in [-0.25, -0.2) is 0 Å². The maximum Gasteiger partial charge on any atom is 0.228 e. The van der Waals surface area contributed by atoms with E-state index in [0.717, 1.165) is 32.0 Å². The third-order valence-corrected chi connectivity index (χ3v) is 6.97. The zero-order valence-electron chi connectivity index (χ0n) is 16.1. The van der Waals surface area contributed by atoms with Gasteiger partial charge in [-0.2, -0.15) is 0 Å². The topological polar surface area (TPSA) is 44.8 Å². The van der Waals surface area contributed by atoms with Crippen molar-refractivity contribution in [3.63, 3.8) is 0 Å². The molecule has 1 amide bonds. The number of amides is 1. The molecular weight excluding hydrogens is 338 g/mol. The van der Waals surface area contributed by atoms with Gasteiger partial charge in [0.15, 0.2) is 0 Å². The number of ether oxygens (including phenoxy) is 1. The van der Waals surface area contributed by atoms with Gasteiger partial charge < -0.3 is 15.0 Å². The fourth-order valence-electron chi connectivity index (χ4n) is 5.04. The first-order valence-corrected chi connectivity index (χ1v) is 10.7. The van der Waals surface area contributed by atoms with Crippen molar-refractivity contribution in [2.75, 3.05) is 39.4 Å². The van der Waals surface area contributed by atoms with Crippen molar-refractivity contribution in [2.24, 2.45) is 5.92 Å². The van der Waals surface area contributed by atoms with Crippen LogP contribution in [0.1, 0.15) is 37.2 Å². The predicted molar refractivity (Wildman–Crippen MR) is 105 cm³/mol. The molecule has 1 aromatic carbocycles. The number of carbonyl (C=O) groups excluding carboxylic acids is 1. The standard InChI is InChI=1S/C22H31N3O2/c26-22(17-8-11-27-15-17)25-13-19(14-25)24-9-6-18(7-10-24)23-21-12-20(21)16-4-2-1-3-5-16/h1-5,17-21,23H,6-15H2/t17-,20-,21+/m0/s1. The number of hydrogen-bond donors (Lipinski definition) is 1. The minimum Gasteiger partial charge on any atom is -0.381 e. The van der Waals surface area contributed by atoms with Crippen LogP contribution < -0.4 is 5.32 Å². The van der Waals surface area contributed by atoms with Crippen LogP contribution in [0.5, 0.6) is 0 Å². The quantitative estimate of drug-likeness (QED) is 0.860. The van der Waals surface area contributed by atoms with Crippen molar-refractivity contribution in [1.82, 2.24) is 15.1 Å². The molecule has 1 N–H and O–H groups in total. The molecule has 3 atom stereocenters. The van der Waals surface area contributed by atoms with Crippen LogP contribution >= 0.6 is 0 Å². The largest absolute Gasteiger partial charge is 0.381 e. The third-order valence-electron chi connectivity index (χ3n) is 6.97. The van der Waals surface area contributed by atoms with Crippen molar-refractivity contribution in [3.05, 3.63) is 35.9 Å². The van der Waals surface area contributed by atoms with Crippen LogP contribution in [-0.2, 0) is 9.53 Å². The Labute approximate surface area is 162 Å². The lowest BCUT2D eigenvalue weighted by Gasteiger charge is -2.48. The van der Waals surface area contributed by atoms with E-state index in [1.165, 1.54) is 37.9 Å². The van der Waals surface area contributed by atoms with Crippen LogP contribution in [0, 0.1) is 5.92 Å². The van der Waals surface area contributed by atoms with Crippen molar-refractivity contribution in [2.45, 2.75) is 49.7 Å². The number of piperidine rings is 1. The smallest absolute Gasteiger partial charge is 0.228 e. The molecule has 5 rings (SSSR count). The van der Waals surface area contributed by atoms with E-state index in [1.807, 2.05) is 4.90 Å². The second-order valence-corrected chi connectivity index (χ2v) is 8.79.